The zero-order chi connectivity index (χ0) is 7.84. The normalized spacial score (nSPS) is 34.6. The number of hydrogen-bond acceptors (Lipinski definition) is 2. The van der Waals surface area contributed by atoms with Crippen LogP contribution in [-0.4, -0.2) is 17.2 Å². The average Bonchev–Trinajstić information content (AvgIpc) is 2.27. The first-order valence-corrected chi connectivity index (χ1v) is 3.89. The van der Waals surface area contributed by atoms with Crippen LogP contribution in [0.25, 0.3) is 0 Å². The fourth-order valence-corrected chi connectivity index (χ4v) is 1.46. The summed E-state index contributed by atoms with van der Waals surface area (Å²) in [7, 11) is 0. The molecule has 0 aromatic rings. The first-order valence-electron chi connectivity index (χ1n) is 3.45. The van der Waals surface area contributed by atoms with Gasteiger partial charge in [-0.2, -0.15) is 0 Å². The van der Waals surface area contributed by atoms with Crippen molar-refractivity contribution >= 4 is 23.3 Å². The van der Waals surface area contributed by atoms with E-state index < -0.39 is 0 Å². The molecule has 58 valence electrons. The van der Waals surface area contributed by atoms with E-state index >= 15 is 0 Å². The van der Waals surface area contributed by atoms with Gasteiger partial charge >= 0.3 is 0 Å². The summed E-state index contributed by atoms with van der Waals surface area (Å²) in [6.45, 7) is 0. The molecule has 0 bridgehead atoms. The van der Waals surface area contributed by atoms with Gasteiger partial charge in [0.15, 0.2) is 0 Å². The van der Waals surface area contributed by atoms with Crippen molar-refractivity contribution < 1.29 is 4.79 Å². The van der Waals surface area contributed by atoms with Crippen LogP contribution in [-0.2, 0) is 4.79 Å². The van der Waals surface area contributed by atoms with E-state index in [-0.39, 0.29) is 17.3 Å². The molecule has 2 rings (SSSR count). The van der Waals surface area contributed by atoms with Gasteiger partial charge in [0.1, 0.15) is 11.3 Å². The van der Waals surface area contributed by atoms with Crippen LogP contribution < -0.4 is 5.32 Å². The van der Waals surface area contributed by atoms with E-state index in [0.29, 0.717) is 6.42 Å². The Labute approximate surface area is 69.1 Å². The molecule has 2 unspecified atom stereocenters. The highest BCUT2D eigenvalue weighted by molar-refractivity contribution is 6.23. The zero-order valence-corrected chi connectivity index (χ0v) is 6.51. The lowest BCUT2D eigenvalue weighted by atomic mass is 10.1. The molecular formula is C7H7ClN2O. The quantitative estimate of drug-likeness (QED) is 0.324. The predicted octanol–water partition coefficient (Wildman–Crippen LogP) is 0.656. The number of alkyl halides is 1. The molecule has 2 heterocycles. The van der Waals surface area contributed by atoms with Crippen LogP contribution in [0.5, 0.6) is 0 Å². The minimum absolute atomic E-state index is 0.0316. The Hall–Kier alpha value is -0.830. The van der Waals surface area contributed by atoms with Crippen molar-refractivity contribution in [2.75, 3.05) is 0 Å². The Morgan fingerprint density at radius 3 is 3.27 bits per heavy atom. The van der Waals surface area contributed by atoms with Crippen LogP contribution >= 0.6 is 11.6 Å². The van der Waals surface area contributed by atoms with Gasteiger partial charge < -0.3 is 5.32 Å². The number of aliphatic imine (C=N–C) groups is 1. The maximum absolute atomic E-state index is 10.8. The summed E-state index contributed by atoms with van der Waals surface area (Å²) in [4.78, 5) is 14.9. The molecule has 11 heavy (non-hydrogen) atoms. The van der Waals surface area contributed by atoms with Crippen LogP contribution in [0.1, 0.15) is 6.42 Å². The second-order valence-electron chi connectivity index (χ2n) is 2.63. The average molecular weight is 171 g/mol. The molecule has 3 nitrogen and oxygen atoms in total. The summed E-state index contributed by atoms with van der Waals surface area (Å²) in [5, 5.41) is 2.66. The molecule has 1 saturated heterocycles. The van der Waals surface area contributed by atoms with E-state index in [1.165, 1.54) is 0 Å². The lowest BCUT2D eigenvalue weighted by molar-refractivity contribution is -0.118. The van der Waals surface area contributed by atoms with E-state index in [4.69, 9.17) is 11.6 Å². The van der Waals surface area contributed by atoms with Crippen molar-refractivity contribution in [3.05, 3.63) is 12.2 Å². The van der Waals surface area contributed by atoms with Gasteiger partial charge in [0, 0.05) is 12.3 Å². The van der Waals surface area contributed by atoms with Crippen molar-refractivity contribution in [3.8, 4) is 0 Å². The molecule has 2 aliphatic rings. The van der Waals surface area contributed by atoms with Gasteiger partial charge in [-0.1, -0.05) is 17.7 Å². The van der Waals surface area contributed by atoms with Crippen LogP contribution in [0.15, 0.2) is 17.1 Å². The Balaban J connectivity index is 2.26. The summed E-state index contributed by atoms with van der Waals surface area (Å²) in [5.74, 6) is 0.902. The SMILES string of the molecule is O=C1CC2C=CC(Cl)N=C2N1. The van der Waals surface area contributed by atoms with E-state index in [2.05, 4.69) is 10.3 Å². The highest BCUT2D eigenvalue weighted by Gasteiger charge is 2.28. The maximum atomic E-state index is 10.8. The number of fused-ring (bicyclic) bond motifs is 1. The van der Waals surface area contributed by atoms with Gasteiger partial charge in [0.2, 0.25) is 5.91 Å². The first kappa shape index (κ1) is 6.85. The number of amidine groups is 1. The van der Waals surface area contributed by atoms with Gasteiger partial charge in [-0.25, -0.2) is 4.99 Å². The highest BCUT2D eigenvalue weighted by Crippen LogP contribution is 2.20. The monoisotopic (exact) mass is 170 g/mol. The van der Waals surface area contributed by atoms with Gasteiger partial charge in [0.25, 0.3) is 0 Å². The first-order chi connectivity index (χ1) is 5.25. The third kappa shape index (κ3) is 1.16. The Kier molecular flexibility index (Phi) is 1.46. The Morgan fingerprint density at radius 2 is 2.45 bits per heavy atom. The second-order valence-corrected chi connectivity index (χ2v) is 3.08. The molecule has 0 aromatic carbocycles. The molecule has 0 aliphatic carbocycles. The minimum atomic E-state index is -0.306. The summed E-state index contributed by atoms with van der Waals surface area (Å²) in [5.41, 5.74) is -0.306. The van der Waals surface area contributed by atoms with Crippen LogP contribution in [0.3, 0.4) is 0 Å². The van der Waals surface area contributed by atoms with E-state index in [1.54, 1.807) is 6.08 Å². The number of nitrogens with one attached hydrogen (secondary N) is 1. The molecule has 2 atom stereocenters. The predicted molar refractivity (Wildman–Crippen MR) is 42.5 cm³/mol. The number of halogens is 1. The smallest absolute Gasteiger partial charge is 0.226 e. The topological polar surface area (TPSA) is 41.5 Å². The molecule has 1 N–H and O–H groups in total. The van der Waals surface area contributed by atoms with Crippen LogP contribution in [0, 0.1) is 5.92 Å². The maximum Gasteiger partial charge on any atom is 0.226 e. The van der Waals surface area contributed by atoms with E-state index in [1.807, 2.05) is 6.08 Å². The molecule has 0 radical (unpaired) electrons. The number of nitrogens with zero attached hydrogens (tertiary/aromatic N) is 1. The summed E-state index contributed by atoms with van der Waals surface area (Å²) in [6.07, 6.45) is 4.24. The van der Waals surface area contributed by atoms with E-state index in [9.17, 15) is 4.79 Å². The van der Waals surface area contributed by atoms with Gasteiger partial charge in [-0.3, -0.25) is 4.79 Å². The van der Waals surface area contributed by atoms with Crippen LogP contribution in [0.4, 0.5) is 0 Å². The molecule has 0 aromatic heterocycles. The molecule has 1 amide bonds. The molecule has 4 heteroatoms. The number of carbonyl (C=O) groups is 1. The summed E-state index contributed by atoms with van der Waals surface area (Å²) < 4.78 is 0. The fourth-order valence-electron chi connectivity index (χ4n) is 1.27. The lowest BCUT2D eigenvalue weighted by Crippen LogP contribution is -2.25. The lowest BCUT2D eigenvalue weighted by Gasteiger charge is -2.10. The van der Waals surface area contributed by atoms with Crippen molar-refractivity contribution in [2.24, 2.45) is 10.9 Å². The molecule has 0 spiro atoms. The molecule has 2 aliphatic heterocycles. The van der Waals surface area contributed by atoms with Gasteiger partial charge in [-0.05, 0) is 6.08 Å². The summed E-state index contributed by atoms with van der Waals surface area (Å²) in [6, 6.07) is 0. The Bertz CT molecular complexity index is 259. The van der Waals surface area contributed by atoms with Crippen LogP contribution in [0.2, 0.25) is 0 Å². The number of hydrogen-bond donors (Lipinski definition) is 1. The Morgan fingerprint density at radius 1 is 1.64 bits per heavy atom. The van der Waals surface area contributed by atoms with Crippen molar-refractivity contribution in [2.45, 2.75) is 11.9 Å². The largest absolute Gasteiger partial charge is 0.314 e. The standard InChI is InChI=1S/C7H7ClN2O/c8-5-2-1-4-3-6(11)10-7(4)9-5/h1-2,4-5H,3H2,(H,9,10,11). The molecule has 1 fully saturated rings. The van der Waals surface area contributed by atoms with Crippen molar-refractivity contribution in [3.63, 3.8) is 0 Å². The van der Waals surface area contributed by atoms with Crippen molar-refractivity contribution in [1.29, 1.82) is 0 Å². The number of amides is 1. The van der Waals surface area contributed by atoms with Gasteiger partial charge in [0.05, 0.1) is 0 Å². The third-order valence-electron chi connectivity index (χ3n) is 1.79. The zero-order valence-electron chi connectivity index (χ0n) is 5.75. The fraction of sp³-hybridized carbons (Fsp3) is 0.429. The number of carbonyl (C=O) groups excluding carboxylic acids is 1. The number of dihydropyridines is 1. The summed E-state index contributed by atoms with van der Waals surface area (Å²) >= 11 is 5.71. The highest BCUT2D eigenvalue weighted by atomic mass is 35.5. The number of rotatable bonds is 0. The third-order valence-corrected chi connectivity index (χ3v) is 2.03. The molecular weight excluding hydrogens is 164 g/mol. The van der Waals surface area contributed by atoms with E-state index in [0.717, 1.165) is 5.84 Å². The molecule has 0 saturated carbocycles. The minimum Gasteiger partial charge on any atom is -0.314 e. The second kappa shape index (κ2) is 2.34. The van der Waals surface area contributed by atoms with Gasteiger partial charge in [-0.15, -0.1) is 0 Å². The van der Waals surface area contributed by atoms with Crippen molar-refractivity contribution in [1.82, 2.24) is 5.32 Å².